The average Bonchev–Trinajstić information content (AvgIpc) is 3.14. The summed E-state index contributed by atoms with van der Waals surface area (Å²) in [4.78, 5) is 24.3. The van der Waals surface area contributed by atoms with Crippen LogP contribution in [0.1, 0.15) is 39.5 Å². The van der Waals surface area contributed by atoms with E-state index in [0.29, 0.717) is 25.8 Å². The fraction of sp³-hybridized carbons (Fsp3) is 0.875. The molecule has 1 unspecified atom stereocenters. The molecule has 0 spiro atoms. The highest BCUT2D eigenvalue weighted by Crippen LogP contribution is 2.38. The lowest BCUT2D eigenvalue weighted by atomic mass is 9.77. The van der Waals surface area contributed by atoms with E-state index < -0.39 is 31.1 Å². The van der Waals surface area contributed by atoms with Gasteiger partial charge in [-0.05, 0) is 32.6 Å². The van der Waals surface area contributed by atoms with Gasteiger partial charge in [0.15, 0.2) is 0 Å². The molecule has 0 radical (unpaired) electrons. The Kier molecular flexibility index (Phi) is 7.69. The monoisotopic (exact) mass is 372 g/mol. The Labute approximate surface area is 153 Å². The molecule has 0 aromatic rings. The lowest BCUT2D eigenvalue weighted by molar-refractivity contribution is -0.177. The highest BCUT2D eigenvalue weighted by molar-refractivity contribution is 6.40. The summed E-state index contributed by atoms with van der Waals surface area (Å²) in [5, 5.41) is 24.7. The molecule has 4 N–H and O–H groups in total. The summed E-state index contributed by atoms with van der Waals surface area (Å²) >= 11 is 0. The fourth-order valence-electron chi connectivity index (χ4n) is 3.89. The van der Waals surface area contributed by atoms with Gasteiger partial charge >= 0.3 is 19.2 Å². The zero-order valence-electron chi connectivity index (χ0n) is 15.4. The molecule has 2 aliphatic heterocycles. The van der Waals surface area contributed by atoms with Crippen LogP contribution in [-0.4, -0.2) is 66.9 Å². The van der Waals surface area contributed by atoms with E-state index in [0.717, 1.165) is 13.0 Å². The van der Waals surface area contributed by atoms with Crippen LogP contribution in [0.3, 0.4) is 0 Å². The lowest BCUT2D eigenvalue weighted by Gasteiger charge is -2.33. The standard InChI is InChI=1S/C16H29BN2O7/c1-3-24-15(21)26-11(2)25-14(20)16(7-4-5-8-17(22)23)12-6-9-18-13(12)10-19-16/h11-13,18-19,22-23H,3-10H2,1-2H3/t11?,12-,13-,16+/m0/s1. The first-order chi connectivity index (χ1) is 12.4. The number of ether oxygens (including phenoxy) is 3. The van der Waals surface area contributed by atoms with Crippen molar-refractivity contribution in [3.05, 3.63) is 0 Å². The molecule has 2 saturated heterocycles. The van der Waals surface area contributed by atoms with E-state index in [-0.39, 0.29) is 24.9 Å². The molecule has 0 saturated carbocycles. The third kappa shape index (κ3) is 5.09. The first-order valence-corrected chi connectivity index (χ1v) is 9.28. The molecule has 10 heteroatoms. The maximum atomic E-state index is 12.9. The predicted molar refractivity (Wildman–Crippen MR) is 93.1 cm³/mol. The summed E-state index contributed by atoms with van der Waals surface area (Å²) in [7, 11) is -1.34. The van der Waals surface area contributed by atoms with Gasteiger partial charge < -0.3 is 34.9 Å². The molecule has 0 aliphatic carbocycles. The van der Waals surface area contributed by atoms with Crippen molar-refractivity contribution in [1.82, 2.24) is 10.6 Å². The number of rotatable bonds is 9. The van der Waals surface area contributed by atoms with E-state index in [4.69, 9.17) is 24.3 Å². The highest BCUT2D eigenvalue weighted by atomic mass is 16.8. The van der Waals surface area contributed by atoms with Gasteiger partial charge in [-0.3, -0.25) is 0 Å². The maximum absolute atomic E-state index is 12.9. The van der Waals surface area contributed by atoms with Crippen LogP contribution in [0.2, 0.25) is 6.32 Å². The average molecular weight is 372 g/mol. The Balaban J connectivity index is 1.99. The summed E-state index contributed by atoms with van der Waals surface area (Å²) in [5.74, 6) is -0.362. The number of hydrogen-bond donors (Lipinski definition) is 4. The van der Waals surface area contributed by atoms with Gasteiger partial charge in [0.25, 0.3) is 0 Å². The van der Waals surface area contributed by atoms with Crippen LogP contribution in [0.15, 0.2) is 0 Å². The van der Waals surface area contributed by atoms with Crippen molar-refractivity contribution in [2.45, 2.75) is 63.7 Å². The molecule has 2 rings (SSSR count). The normalized spacial score (nSPS) is 28.3. The third-order valence-electron chi connectivity index (χ3n) is 5.06. The Morgan fingerprint density at radius 3 is 2.77 bits per heavy atom. The van der Waals surface area contributed by atoms with Crippen LogP contribution >= 0.6 is 0 Å². The minimum atomic E-state index is -1.34. The van der Waals surface area contributed by atoms with E-state index in [1.54, 1.807) is 6.92 Å². The molecule has 9 nitrogen and oxygen atoms in total. The molecule has 148 valence electrons. The second-order valence-corrected chi connectivity index (χ2v) is 6.81. The zero-order chi connectivity index (χ0) is 19.2. The first kappa shape index (κ1) is 21.0. The second-order valence-electron chi connectivity index (χ2n) is 6.81. The minimum absolute atomic E-state index is 0.0869. The van der Waals surface area contributed by atoms with Crippen LogP contribution < -0.4 is 10.6 Å². The van der Waals surface area contributed by atoms with Gasteiger partial charge in [-0.15, -0.1) is 0 Å². The summed E-state index contributed by atoms with van der Waals surface area (Å²) in [6, 6.07) is 0.201. The molecule has 2 fully saturated rings. The third-order valence-corrected chi connectivity index (χ3v) is 5.06. The number of fused-ring (bicyclic) bond motifs is 1. The lowest BCUT2D eigenvalue weighted by Crippen LogP contribution is -2.54. The number of nitrogens with one attached hydrogen (secondary N) is 2. The predicted octanol–water partition coefficient (Wildman–Crippen LogP) is 0.0119. The minimum Gasteiger partial charge on any atom is -0.435 e. The van der Waals surface area contributed by atoms with E-state index in [1.807, 2.05) is 0 Å². The molecular formula is C16H29BN2O7. The number of carbonyl (C=O) groups is 2. The molecule has 4 atom stereocenters. The molecular weight excluding hydrogens is 343 g/mol. The van der Waals surface area contributed by atoms with Crippen molar-refractivity contribution in [2.24, 2.45) is 5.92 Å². The van der Waals surface area contributed by atoms with Crippen molar-refractivity contribution >= 4 is 19.2 Å². The van der Waals surface area contributed by atoms with Crippen LogP contribution in [0.25, 0.3) is 0 Å². The van der Waals surface area contributed by atoms with E-state index in [9.17, 15) is 9.59 Å². The number of carbonyl (C=O) groups excluding carboxylic acids is 2. The van der Waals surface area contributed by atoms with Crippen molar-refractivity contribution in [3.8, 4) is 0 Å². The molecule has 0 amide bonds. The Bertz CT molecular complexity index is 493. The molecule has 0 aromatic heterocycles. The smallest absolute Gasteiger partial charge is 0.435 e. The molecule has 2 heterocycles. The highest BCUT2D eigenvalue weighted by Gasteiger charge is 2.55. The van der Waals surface area contributed by atoms with Crippen LogP contribution in [-0.2, 0) is 19.0 Å². The molecule has 0 bridgehead atoms. The summed E-state index contributed by atoms with van der Waals surface area (Å²) in [5.41, 5.74) is -0.860. The van der Waals surface area contributed by atoms with Crippen molar-refractivity contribution in [2.75, 3.05) is 19.7 Å². The number of esters is 1. The van der Waals surface area contributed by atoms with Gasteiger partial charge in [0.05, 0.1) is 6.61 Å². The molecule has 2 aliphatic rings. The van der Waals surface area contributed by atoms with Crippen molar-refractivity contribution in [3.63, 3.8) is 0 Å². The van der Waals surface area contributed by atoms with Gasteiger partial charge in [-0.1, -0.05) is 12.8 Å². The quantitative estimate of drug-likeness (QED) is 0.192. The molecule has 26 heavy (non-hydrogen) atoms. The summed E-state index contributed by atoms with van der Waals surface area (Å²) in [6.07, 6.45) is 0.950. The van der Waals surface area contributed by atoms with Crippen LogP contribution in [0, 0.1) is 5.92 Å². The van der Waals surface area contributed by atoms with Crippen LogP contribution in [0.4, 0.5) is 4.79 Å². The van der Waals surface area contributed by atoms with Crippen molar-refractivity contribution < 1.29 is 33.8 Å². The van der Waals surface area contributed by atoms with Gasteiger partial charge in [0.1, 0.15) is 5.54 Å². The van der Waals surface area contributed by atoms with Gasteiger partial charge in [0, 0.05) is 25.4 Å². The van der Waals surface area contributed by atoms with E-state index in [1.165, 1.54) is 6.92 Å². The van der Waals surface area contributed by atoms with E-state index in [2.05, 4.69) is 10.6 Å². The Morgan fingerprint density at radius 2 is 2.08 bits per heavy atom. The number of hydrogen-bond acceptors (Lipinski definition) is 9. The Morgan fingerprint density at radius 1 is 1.31 bits per heavy atom. The van der Waals surface area contributed by atoms with Crippen LogP contribution in [0.5, 0.6) is 0 Å². The van der Waals surface area contributed by atoms with Gasteiger partial charge in [-0.25, -0.2) is 9.59 Å². The zero-order valence-corrected chi connectivity index (χ0v) is 15.4. The van der Waals surface area contributed by atoms with E-state index >= 15 is 0 Å². The number of unbranched alkanes of at least 4 members (excludes halogenated alkanes) is 1. The second kappa shape index (κ2) is 9.54. The fourth-order valence-corrected chi connectivity index (χ4v) is 3.89. The van der Waals surface area contributed by atoms with Gasteiger partial charge in [-0.2, -0.15) is 0 Å². The topological polar surface area (TPSA) is 126 Å². The summed E-state index contributed by atoms with van der Waals surface area (Å²) in [6.45, 7) is 4.82. The molecule has 0 aromatic carbocycles. The SMILES string of the molecule is CCOC(=O)OC(C)OC(=O)[C@]1(CCCCB(O)O)NC[C@@H]2NCC[C@@H]21. The summed E-state index contributed by atoms with van der Waals surface area (Å²) < 4.78 is 15.0. The van der Waals surface area contributed by atoms with Gasteiger partial charge in [0.2, 0.25) is 6.29 Å². The largest absolute Gasteiger partial charge is 0.511 e. The first-order valence-electron chi connectivity index (χ1n) is 9.28. The maximum Gasteiger partial charge on any atom is 0.511 e. The Hall–Kier alpha value is -1.36. The van der Waals surface area contributed by atoms with Crippen molar-refractivity contribution in [1.29, 1.82) is 0 Å².